The van der Waals surface area contributed by atoms with Gasteiger partial charge in [0.2, 0.25) is 5.91 Å². The van der Waals surface area contributed by atoms with Crippen LogP contribution in [0.25, 0.3) is 0 Å². The summed E-state index contributed by atoms with van der Waals surface area (Å²) >= 11 is 0. The molecule has 1 atom stereocenters. The van der Waals surface area contributed by atoms with Crippen LogP contribution in [0.4, 0.5) is 0 Å². The molecule has 1 rings (SSSR count). The molecule has 124 valence electrons. The van der Waals surface area contributed by atoms with Gasteiger partial charge in [-0.15, -0.1) is 21.4 Å². The Bertz CT molecular complexity index is 334. The molecule has 4 N–H and O–H groups in total. The predicted octanol–water partition coefficient (Wildman–Crippen LogP) is 3.46. The van der Waals surface area contributed by atoms with Gasteiger partial charge in [-0.1, -0.05) is 34.1 Å². The Hall–Kier alpha value is -0.592. The third kappa shape index (κ3) is 21.8. The fraction of sp³-hybridized carbons (Fsp3) is 0.533. The van der Waals surface area contributed by atoms with Crippen molar-refractivity contribution in [3.63, 3.8) is 0 Å². The maximum absolute atomic E-state index is 10.2. The number of hydrogen-bond acceptors (Lipinski definition) is 3. The molecule has 0 aliphatic carbocycles. The van der Waals surface area contributed by atoms with Crippen molar-refractivity contribution in [1.82, 2.24) is 0 Å². The van der Waals surface area contributed by atoms with Gasteiger partial charge in [0.1, 0.15) is 0 Å². The molecule has 1 aromatic rings. The van der Waals surface area contributed by atoms with E-state index in [-0.39, 0.29) is 38.5 Å². The number of carbonyl (C=O) groups excluding carboxylic acids is 1. The second-order valence-electron chi connectivity index (χ2n) is 4.21. The molecule has 6 heteroatoms. The summed E-state index contributed by atoms with van der Waals surface area (Å²) in [6, 6.07) is 6.79. The van der Waals surface area contributed by atoms with Gasteiger partial charge in [-0.25, -0.2) is 0 Å². The van der Waals surface area contributed by atoms with Crippen molar-refractivity contribution in [1.29, 1.82) is 0 Å². The summed E-state index contributed by atoms with van der Waals surface area (Å²) in [5.74, 6) is -0.534. The van der Waals surface area contributed by atoms with Crippen molar-refractivity contribution in [3.05, 3.63) is 24.3 Å². The minimum Gasteiger partial charge on any atom is -0.562 e. The normalized spacial score (nSPS) is 8.33. The Morgan fingerprint density at radius 2 is 1.62 bits per heavy atom. The molecule has 0 aromatic heterocycles. The van der Waals surface area contributed by atoms with Crippen LogP contribution in [-0.2, 0) is 25.9 Å². The second kappa shape index (κ2) is 17.5. The van der Waals surface area contributed by atoms with Crippen molar-refractivity contribution in [2.24, 2.45) is 5.73 Å². The van der Waals surface area contributed by atoms with Crippen LogP contribution < -0.4 is 5.73 Å². The monoisotopic (exact) mass is 486 g/mol. The van der Waals surface area contributed by atoms with Crippen LogP contribution in [0.2, 0.25) is 0 Å². The molecule has 0 heterocycles. The third-order valence-electron chi connectivity index (χ3n) is 1.45. The number of rotatable bonds is 1. The quantitative estimate of drug-likeness (QED) is 0.323. The first-order valence-electron chi connectivity index (χ1n) is 6.63. The van der Waals surface area contributed by atoms with E-state index in [1.165, 1.54) is 24.6 Å². The van der Waals surface area contributed by atoms with E-state index in [4.69, 9.17) is 15.9 Å². The fourth-order valence-corrected chi connectivity index (χ4v) is 0.413. The number of aromatic hydroxyl groups is 2. The van der Waals surface area contributed by atoms with Gasteiger partial charge < -0.3 is 15.9 Å². The van der Waals surface area contributed by atoms with Crippen LogP contribution in [0.1, 0.15) is 48.0 Å². The van der Waals surface area contributed by atoms with Crippen LogP contribution in [0, 0.1) is 6.07 Å². The summed E-state index contributed by atoms with van der Waals surface area (Å²) in [6.45, 7) is 11.8. The van der Waals surface area contributed by atoms with E-state index in [1.54, 1.807) is 13.8 Å². The predicted molar refractivity (Wildman–Crippen MR) is 88.9 cm³/mol. The van der Waals surface area contributed by atoms with Gasteiger partial charge in [0.05, 0.1) is 5.16 Å². The Morgan fingerprint density at radius 3 is 1.76 bits per heavy atom. The van der Waals surface area contributed by atoms with Gasteiger partial charge in [0.25, 0.3) is 0 Å². The Kier molecular flexibility index (Phi) is 23.7. The van der Waals surface area contributed by atoms with Crippen molar-refractivity contribution >= 4 is 15.1 Å². The summed E-state index contributed by atoms with van der Waals surface area (Å²) in [6.07, 6.45) is 1.25. The SMILES string of the molecule is CC.CC(C)(P)C(N)=O.CCC.Oc1c[c-]ccc1O.[W]. The van der Waals surface area contributed by atoms with Crippen molar-refractivity contribution in [2.75, 3.05) is 0 Å². The maximum Gasteiger partial charge on any atom is 0.226 e. The third-order valence-corrected chi connectivity index (χ3v) is 1.74. The first-order chi connectivity index (χ1) is 9.16. The molecule has 21 heavy (non-hydrogen) atoms. The number of hydrogen-bond donors (Lipinski definition) is 3. The summed E-state index contributed by atoms with van der Waals surface area (Å²) in [7, 11) is 2.36. The number of primary amides is 1. The number of amides is 1. The van der Waals surface area contributed by atoms with Crippen LogP contribution in [-0.4, -0.2) is 21.3 Å². The summed E-state index contributed by atoms with van der Waals surface area (Å²) in [5, 5.41) is 16.8. The molecule has 0 spiro atoms. The maximum atomic E-state index is 10.2. The van der Waals surface area contributed by atoms with Crippen LogP contribution in [0.3, 0.4) is 0 Å². The number of nitrogens with two attached hydrogens (primary N) is 1. The Morgan fingerprint density at radius 1 is 1.29 bits per heavy atom. The van der Waals surface area contributed by atoms with Gasteiger partial charge in [0.15, 0.2) is 0 Å². The molecular weight excluding hydrogens is 457 g/mol. The molecule has 1 amide bonds. The minimum absolute atomic E-state index is 0. The van der Waals surface area contributed by atoms with Crippen LogP contribution in [0.5, 0.6) is 11.5 Å². The molecule has 0 aliphatic rings. The van der Waals surface area contributed by atoms with Crippen molar-refractivity contribution in [2.45, 2.75) is 53.1 Å². The van der Waals surface area contributed by atoms with Crippen LogP contribution >= 0.6 is 9.24 Å². The summed E-state index contributed by atoms with van der Waals surface area (Å²) in [4.78, 5) is 10.2. The molecule has 4 nitrogen and oxygen atoms in total. The molecule has 0 saturated heterocycles. The largest absolute Gasteiger partial charge is 0.562 e. The molecular formula is C15H29NO3PW-. The summed E-state index contributed by atoms with van der Waals surface area (Å²) < 4.78 is 0. The second-order valence-corrected chi connectivity index (χ2v) is 5.65. The van der Waals surface area contributed by atoms with E-state index in [2.05, 4.69) is 29.2 Å². The molecule has 0 saturated carbocycles. The van der Waals surface area contributed by atoms with Gasteiger partial charge >= 0.3 is 0 Å². The average molecular weight is 486 g/mol. The zero-order chi connectivity index (χ0) is 16.8. The van der Waals surface area contributed by atoms with Gasteiger partial charge in [-0.05, 0) is 13.8 Å². The molecule has 1 aromatic carbocycles. The smallest absolute Gasteiger partial charge is 0.226 e. The van der Waals surface area contributed by atoms with E-state index in [1.807, 2.05) is 13.8 Å². The van der Waals surface area contributed by atoms with E-state index in [9.17, 15) is 4.79 Å². The zero-order valence-corrected chi connectivity index (χ0v) is 17.9. The molecule has 0 bridgehead atoms. The van der Waals surface area contributed by atoms with E-state index in [0.717, 1.165) is 0 Å². The summed E-state index contributed by atoms with van der Waals surface area (Å²) in [5.41, 5.74) is 4.91. The topological polar surface area (TPSA) is 83.6 Å². The molecule has 0 radical (unpaired) electrons. The number of carbonyl (C=O) groups is 1. The first kappa shape index (κ1) is 28.6. The first-order valence-corrected chi connectivity index (χ1v) is 7.21. The van der Waals surface area contributed by atoms with Crippen molar-refractivity contribution < 1.29 is 36.1 Å². The zero-order valence-electron chi connectivity index (χ0n) is 13.8. The Balaban J connectivity index is -0.000000103. The molecule has 1 unspecified atom stereocenters. The van der Waals surface area contributed by atoms with Crippen LogP contribution in [0.15, 0.2) is 18.2 Å². The van der Waals surface area contributed by atoms with Gasteiger partial charge in [0, 0.05) is 32.6 Å². The Labute approximate surface area is 146 Å². The van der Waals surface area contributed by atoms with E-state index < -0.39 is 5.16 Å². The fourth-order valence-electron chi connectivity index (χ4n) is 0.413. The minimum atomic E-state index is -0.444. The number of phenols is 2. The van der Waals surface area contributed by atoms with E-state index in [0.29, 0.717) is 0 Å². The van der Waals surface area contributed by atoms with Gasteiger partial charge in [-0.2, -0.15) is 12.1 Å². The van der Waals surface area contributed by atoms with E-state index >= 15 is 0 Å². The standard InChI is InChI=1S/C6H5O2.C4H10NOP.C3H8.C2H6.W/c7-5-3-1-2-4-6(5)8;1-4(2,7)3(5)6;1-3-2;1-2;/h1,3-4,7-8H;7H2,1-2H3,(H2,5,6);3H2,1-2H3;1-2H3;/q-1;;;;. The number of benzene rings is 1. The van der Waals surface area contributed by atoms with Crippen molar-refractivity contribution in [3.8, 4) is 11.5 Å². The molecule has 0 fully saturated rings. The number of phenolic OH excluding ortho intramolecular Hbond substituents is 2. The molecule has 0 aliphatic heterocycles. The average Bonchev–Trinajstić information content (AvgIpc) is 2.36. The van der Waals surface area contributed by atoms with Gasteiger partial charge in [-0.3, -0.25) is 4.79 Å².